The predicted molar refractivity (Wildman–Crippen MR) is 80.0 cm³/mol. The second kappa shape index (κ2) is 5.83. The quantitative estimate of drug-likeness (QED) is 0.841. The standard InChI is InChI=1S/C15H19ClN2O2/c1-4-14(19)17-7-8-18(15(20)11(17)3)12-6-5-10(2)13(16)9-12/h5-6,9,11H,4,7-8H2,1-3H3/t11-/m1/s1. The van der Waals surface area contributed by atoms with Crippen LogP contribution in [-0.2, 0) is 9.59 Å². The summed E-state index contributed by atoms with van der Waals surface area (Å²) in [6.07, 6.45) is 0.425. The first-order valence-electron chi connectivity index (χ1n) is 6.82. The smallest absolute Gasteiger partial charge is 0.249 e. The van der Waals surface area contributed by atoms with E-state index in [2.05, 4.69) is 0 Å². The first-order chi connectivity index (χ1) is 9.45. The van der Waals surface area contributed by atoms with Gasteiger partial charge >= 0.3 is 0 Å². The summed E-state index contributed by atoms with van der Waals surface area (Å²) < 4.78 is 0. The zero-order valence-electron chi connectivity index (χ0n) is 12.0. The highest BCUT2D eigenvalue weighted by Gasteiger charge is 2.34. The zero-order valence-corrected chi connectivity index (χ0v) is 12.8. The molecule has 0 spiro atoms. The molecule has 4 nitrogen and oxygen atoms in total. The van der Waals surface area contributed by atoms with Gasteiger partial charge < -0.3 is 9.80 Å². The Kier molecular flexibility index (Phi) is 4.33. The summed E-state index contributed by atoms with van der Waals surface area (Å²) in [7, 11) is 0. The third-order valence-electron chi connectivity index (χ3n) is 3.75. The first-order valence-corrected chi connectivity index (χ1v) is 7.20. The lowest BCUT2D eigenvalue weighted by molar-refractivity contribution is -0.140. The van der Waals surface area contributed by atoms with Gasteiger partial charge in [-0.2, -0.15) is 0 Å². The van der Waals surface area contributed by atoms with E-state index in [0.717, 1.165) is 11.3 Å². The Hall–Kier alpha value is -1.55. The number of nitrogens with zero attached hydrogens (tertiary/aromatic N) is 2. The maximum atomic E-state index is 12.4. The molecule has 1 aliphatic heterocycles. The summed E-state index contributed by atoms with van der Waals surface area (Å²) in [6.45, 7) is 6.58. The lowest BCUT2D eigenvalue weighted by atomic mass is 10.1. The molecule has 2 amide bonds. The van der Waals surface area contributed by atoms with Gasteiger partial charge in [-0.25, -0.2) is 0 Å². The number of piperazine rings is 1. The van der Waals surface area contributed by atoms with Crippen LogP contribution < -0.4 is 4.90 Å². The molecule has 0 aromatic heterocycles. The molecule has 1 saturated heterocycles. The average Bonchev–Trinajstić information content (AvgIpc) is 2.44. The minimum atomic E-state index is -0.420. The summed E-state index contributed by atoms with van der Waals surface area (Å²) in [5.74, 6) is -0.0367. The Bertz CT molecular complexity index is 545. The van der Waals surface area contributed by atoms with E-state index in [9.17, 15) is 9.59 Å². The Morgan fingerprint density at radius 2 is 2.10 bits per heavy atom. The molecule has 1 atom stereocenters. The van der Waals surface area contributed by atoms with E-state index in [1.54, 1.807) is 22.8 Å². The molecule has 2 rings (SSSR count). The SMILES string of the molecule is CCC(=O)N1CCN(c2ccc(C)c(Cl)c2)C(=O)[C@H]1C. The largest absolute Gasteiger partial charge is 0.329 e. The van der Waals surface area contributed by atoms with Crippen molar-refractivity contribution in [2.75, 3.05) is 18.0 Å². The van der Waals surface area contributed by atoms with Gasteiger partial charge in [-0.3, -0.25) is 9.59 Å². The molecule has 1 aliphatic rings. The molecular formula is C15H19ClN2O2. The molecule has 1 aromatic carbocycles. The number of rotatable bonds is 2. The Balaban J connectivity index is 2.22. The molecular weight excluding hydrogens is 276 g/mol. The summed E-state index contributed by atoms with van der Waals surface area (Å²) in [4.78, 5) is 27.6. The Morgan fingerprint density at radius 1 is 1.40 bits per heavy atom. The van der Waals surface area contributed by atoms with Gasteiger partial charge in [-0.1, -0.05) is 24.6 Å². The molecule has 0 unspecified atom stereocenters. The highest BCUT2D eigenvalue weighted by molar-refractivity contribution is 6.31. The second-order valence-electron chi connectivity index (χ2n) is 5.04. The number of amides is 2. The number of hydrogen-bond acceptors (Lipinski definition) is 2. The third kappa shape index (κ3) is 2.66. The van der Waals surface area contributed by atoms with Crippen molar-refractivity contribution in [3.8, 4) is 0 Å². The van der Waals surface area contributed by atoms with E-state index in [1.807, 2.05) is 26.0 Å². The summed E-state index contributed by atoms with van der Waals surface area (Å²) >= 11 is 6.12. The van der Waals surface area contributed by atoms with E-state index in [1.165, 1.54) is 0 Å². The van der Waals surface area contributed by atoms with E-state index in [4.69, 9.17) is 11.6 Å². The van der Waals surface area contributed by atoms with Gasteiger partial charge in [0.1, 0.15) is 6.04 Å². The second-order valence-corrected chi connectivity index (χ2v) is 5.45. The van der Waals surface area contributed by atoms with Gasteiger partial charge in [-0.05, 0) is 31.5 Å². The topological polar surface area (TPSA) is 40.6 Å². The van der Waals surface area contributed by atoms with Gasteiger partial charge in [0.25, 0.3) is 0 Å². The van der Waals surface area contributed by atoms with Gasteiger partial charge in [0.15, 0.2) is 0 Å². The highest BCUT2D eigenvalue weighted by Crippen LogP contribution is 2.26. The van der Waals surface area contributed by atoms with Crippen molar-refractivity contribution in [1.29, 1.82) is 0 Å². The first kappa shape index (κ1) is 14.9. The van der Waals surface area contributed by atoms with Gasteiger partial charge in [0.05, 0.1) is 0 Å². The van der Waals surface area contributed by atoms with Crippen molar-refractivity contribution in [3.63, 3.8) is 0 Å². The van der Waals surface area contributed by atoms with Crippen LogP contribution in [0, 0.1) is 6.92 Å². The van der Waals surface area contributed by atoms with Gasteiger partial charge in [0.2, 0.25) is 11.8 Å². The predicted octanol–water partition coefficient (Wildman–Crippen LogP) is 2.62. The number of hydrogen-bond donors (Lipinski definition) is 0. The number of carbonyl (C=O) groups is 2. The van der Waals surface area contributed by atoms with Crippen molar-refractivity contribution >= 4 is 29.1 Å². The van der Waals surface area contributed by atoms with Crippen molar-refractivity contribution in [2.24, 2.45) is 0 Å². The van der Waals surface area contributed by atoms with E-state index < -0.39 is 6.04 Å². The minimum absolute atomic E-state index is 0.0208. The molecule has 0 bridgehead atoms. The van der Waals surface area contributed by atoms with E-state index in [-0.39, 0.29) is 11.8 Å². The molecule has 1 aromatic rings. The molecule has 0 radical (unpaired) electrons. The lowest BCUT2D eigenvalue weighted by Gasteiger charge is -2.39. The van der Waals surface area contributed by atoms with Crippen LogP contribution in [0.5, 0.6) is 0 Å². The molecule has 0 N–H and O–H groups in total. The van der Waals surface area contributed by atoms with Crippen LogP contribution in [0.25, 0.3) is 0 Å². The number of anilines is 1. The van der Waals surface area contributed by atoms with Crippen LogP contribution in [-0.4, -0.2) is 35.8 Å². The maximum absolute atomic E-state index is 12.4. The van der Waals surface area contributed by atoms with Crippen LogP contribution in [0.1, 0.15) is 25.8 Å². The average molecular weight is 295 g/mol. The number of carbonyl (C=O) groups excluding carboxylic acids is 2. The molecule has 1 fully saturated rings. The van der Waals surface area contributed by atoms with Crippen molar-refractivity contribution < 1.29 is 9.59 Å². The Morgan fingerprint density at radius 3 is 2.70 bits per heavy atom. The molecule has 1 heterocycles. The van der Waals surface area contributed by atoms with Gasteiger partial charge in [0, 0.05) is 30.2 Å². The lowest BCUT2D eigenvalue weighted by Crippen LogP contribution is -2.57. The van der Waals surface area contributed by atoms with Crippen LogP contribution >= 0.6 is 11.6 Å². The van der Waals surface area contributed by atoms with Crippen LogP contribution in [0.15, 0.2) is 18.2 Å². The fraction of sp³-hybridized carbons (Fsp3) is 0.467. The fourth-order valence-electron chi connectivity index (χ4n) is 2.42. The summed E-state index contributed by atoms with van der Waals surface area (Å²) in [6, 6.07) is 5.18. The van der Waals surface area contributed by atoms with Crippen LogP contribution in [0.4, 0.5) is 5.69 Å². The molecule has 5 heteroatoms. The summed E-state index contributed by atoms with van der Waals surface area (Å²) in [5.41, 5.74) is 1.77. The van der Waals surface area contributed by atoms with Crippen molar-refractivity contribution in [1.82, 2.24) is 4.90 Å². The highest BCUT2D eigenvalue weighted by atomic mass is 35.5. The van der Waals surface area contributed by atoms with E-state index >= 15 is 0 Å². The zero-order chi connectivity index (χ0) is 14.9. The third-order valence-corrected chi connectivity index (χ3v) is 4.15. The maximum Gasteiger partial charge on any atom is 0.249 e. The fourth-order valence-corrected chi connectivity index (χ4v) is 2.59. The van der Waals surface area contributed by atoms with Gasteiger partial charge in [-0.15, -0.1) is 0 Å². The molecule has 20 heavy (non-hydrogen) atoms. The molecule has 108 valence electrons. The minimum Gasteiger partial charge on any atom is -0.329 e. The van der Waals surface area contributed by atoms with Crippen LogP contribution in [0.3, 0.4) is 0 Å². The summed E-state index contributed by atoms with van der Waals surface area (Å²) in [5, 5.41) is 0.648. The van der Waals surface area contributed by atoms with Crippen molar-refractivity contribution in [3.05, 3.63) is 28.8 Å². The number of aryl methyl sites for hydroxylation is 1. The normalized spacial score (nSPS) is 19.4. The molecule has 0 saturated carbocycles. The number of benzene rings is 1. The Labute approximate surface area is 124 Å². The number of halogens is 1. The van der Waals surface area contributed by atoms with E-state index in [0.29, 0.717) is 24.5 Å². The monoisotopic (exact) mass is 294 g/mol. The van der Waals surface area contributed by atoms with Crippen LogP contribution in [0.2, 0.25) is 5.02 Å². The molecule has 0 aliphatic carbocycles. The van der Waals surface area contributed by atoms with Crippen molar-refractivity contribution in [2.45, 2.75) is 33.2 Å².